The van der Waals surface area contributed by atoms with Crippen molar-refractivity contribution in [2.75, 3.05) is 18.5 Å². The number of hydrogen-bond acceptors (Lipinski definition) is 4. The van der Waals surface area contributed by atoms with Gasteiger partial charge in [0.15, 0.2) is 0 Å². The van der Waals surface area contributed by atoms with Crippen molar-refractivity contribution in [1.82, 2.24) is 4.98 Å². The van der Waals surface area contributed by atoms with E-state index in [9.17, 15) is 0 Å². The molecular weight excluding hydrogens is 270 g/mol. The third kappa shape index (κ3) is 2.73. The number of ether oxygens (including phenoxy) is 1. The molecule has 0 amide bonds. The van der Waals surface area contributed by atoms with Gasteiger partial charge in [-0.3, -0.25) is 0 Å². The maximum absolute atomic E-state index is 5.83. The molecule has 0 bridgehead atoms. The van der Waals surface area contributed by atoms with Gasteiger partial charge < -0.3 is 15.8 Å². The molecule has 1 unspecified atom stereocenters. The second-order valence-electron chi connectivity index (χ2n) is 5.00. The molecule has 0 spiro atoms. The molecular formula is C15H17N3OS. The number of hydrogen-bond donors (Lipinski definition) is 2. The summed E-state index contributed by atoms with van der Waals surface area (Å²) in [6.45, 7) is 1.54. The number of nitrogens with one attached hydrogen (secondary N) is 1. The van der Waals surface area contributed by atoms with Gasteiger partial charge in [0.1, 0.15) is 10.8 Å². The number of pyridine rings is 1. The topological polar surface area (TPSA) is 60.2 Å². The number of aromatic nitrogens is 1. The normalized spacial score (nSPS) is 18.9. The van der Waals surface area contributed by atoms with Gasteiger partial charge in [0.25, 0.3) is 0 Å². The summed E-state index contributed by atoms with van der Waals surface area (Å²) in [5, 5.41) is 4.46. The quantitative estimate of drug-likeness (QED) is 0.849. The van der Waals surface area contributed by atoms with E-state index < -0.39 is 0 Å². The lowest BCUT2D eigenvalue weighted by Crippen LogP contribution is -2.31. The van der Waals surface area contributed by atoms with Crippen LogP contribution >= 0.6 is 12.2 Å². The van der Waals surface area contributed by atoms with E-state index in [0.717, 1.165) is 41.7 Å². The Balaban J connectivity index is 1.98. The number of benzene rings is 1. The molecule has 1 atom stereocenters. The summed E-state index contributed by atoms with van der Waals surface area (Å²) in [6.07, 6.45) is 2.14. The summed E-state index contributed by atoms with van der Waals surface area (Å²) in [6, 6.07) is 10.2. The van der Waals surface area contributed by atoms with E-state index in [1.165, 1.54) is 0 Å². The first-order valence-corrected chi connectivity index (χ1v) is 7.19. The van der Waals surface area contributed by atoms with E-state index >= 15 is 0 Å². The average Bonchev–Trinajstić information content (AvgIpc) is 2.47. The summed E-state index contributed by atoms with van der Waals surface area (Å²) in [4.78, 5) is 5.02. The van der Waals surface area contributed by atoms with Crippen molar-refractivity contribution in [1.29, 1.82) is 0 Å². The molecule has 0 radical (unpaired) electrons. The highest BCUT2D eigenvalue weighted by atomic mass is 32.1. The molecule has 1 aromatic carbocycles. The van der Waals surface area contributed by atoms with Crippen LogP contribution in [0.1, 0.15) is 18.4 Å². The van der Waals surface area contributed by atoms with Crippen molar-refractivity contribution in [3.05, 3.63) is 35.9 Å². The number of rotatable bonds is 3. The van der Waals surface area contributed by atoms with E-state index in [-0.39, 0.29) is 6.04 Å². The third-order valence-corrected chi connectivity index (χ3v) is 3.71. The standard InChI is InChI=1S/C15H17N3OS/c16-14(20)12-8-10-4-1-2-6-13(10)18-15(12)17-11-5-3-7-19-9-11/h1-2,4,6,8,11H,3,5,7,9H2,(H2,16,20)(H,17,18). The van der Waals surface area contributed by atoms with Crippen LogP contribution in [0.4, 0.5) is 5.82 Å². The van der Waals surface area contributed by atoms with Crippen LogP contribution in [0, 0.1) is 0 Å². The fourth-order valence-corrected chi connectivity index (χ4v) is 2.62. The van der Waals surface area contributed by atoms with Gasteiger partial charge in [0.05, 0.1) is 23.7 Å². The molecule has 1 aromatic heterocycles. The number of fused-ring (bicyclic) bond motifs is 1. The molecule has 1 fully saturated rings. The minimum absolute atomic E-state index is 0.269. The van der Waals surface area contributed by atoms with Crippen molar-refractivity contribution >= 4 is 33.9 Å². The molecule has 20 heavy (non-hydrogen) atoms. The predicted octanol–water partition coefficient (Wildman–Crippen LogP) is 2.46. The SMILES string of the molecule is NC(=S)c1cc2ccccc2nc1NC1CCCOC1. The molecule has 0 aliphatic carbocycles. The van der Waals surface area contributed by atoms with Crippen molar-refractivity contribution in [3.8, 4) is 0 Å². The Hall–Kier alpha value is -1.72. The zero-order valence-electron chi connectivity index (χ0n) is 11.1. The molecule has 104 valence electrons. The first kappa shape index (κ1) is 13.3. The first-order chi connectivity index (χ1) is 9.74. The molecule has 4 nitrogen and oxygen atoms in total. The van der Waals surface area contributed by atoms with Gasteiger partial charge >= 0.3 is 0 Å². The average molecular weight is 287 g/mol. The van der Waals surface area contributed by atoms with Gasteiger partial charge in [0, 0.05) is 12.0 Å². The molecule has 3 rings (SSSR count). The molecule has 2 heterocycles. The molecule has 1 aliphatic rings. The van der Waals surface area contributed by atoms with Crippen LogP contribution in [0.15, 0.2) is 30.3 Å². The van der Waals surface area contributed by atoms with Crippen molar-refractivity contribution < 1.29 is 4.74 Å². The molecule has 1 saturated heterocycles. The van der Waals surface area contributed by atoms with Crippen LogP contribution < -0.4 is 11.1 Å². The van der Waals surface area contributed by atoms with Crippen LogP contribution in [0.2, 0.25) is 0 Å². The highest BCUT2D eigenvalue weighted by Gasteiger charge is 2.17. The van der Waals surface area contributed by atoms with Crippen molar-refractivity contribution in [3.63, 3.8) is 0 Å². The van der Waals surface area contributed by atoms with E-state index in [4.69, 9.17) is 22.7 Å². The second kappa shape index (κ2) is 5.73. The number of nitrogens with zero attached hydrogens (tertiary/aromatic N) is 1. The number of nitrogens with two attached hydrogens (primary N) is 1. The molecule has 2 aromatic rings. The summed E-state index contributed by atoms with van der Waals surface area (Å²) >= 11 is 5.15. The number of anilines is 1. The Morgan fingerprint density at radius 2 is 2.25 bits per heavy atom. The number of para-hydroxylation sites is 1. The zero-order chi connectivity index (χ0) is 13.9. The maximum Gasteiger partial charge on any atom is 0.137 e. The highest BCUT2D eigenvalue weighted by Crippen LogP contribution is 2.22. The largest absolute Gasteiger partial charge is 0.389 e. The summed E-state index contributed by atoms with van der Waals surface area (Å²) < 4.78 is 5.49. The lowest BCUT2D eigenvalue weighted by Gasteiger charge is -2.24. The van der Waals surface area contributed by atoms with Gasteiger partial charge in [-0.05, 0) is 25.0 Å². The van der Waals surface area contributed by atoms with E-state index in [0.29, 0.717) is 11.6 Å². The highest BCUT2D eigenvalue weighted by molar-refractivity contribution is 7.80. The maximum atomic E-state index is 5.83. The Bertz CT molecular complexity index is 638. The minimum atomic E-state index is 0.269. The Morgan fingerprint density at radius 3 is 3.00 bits per heavy atom. The van der Waals surface area contributed by atoms with Crippen LogP contribution in [0.3, 0.4) is 0 Å². The van der Waals surface area contributed by atoms with E-state index in [1.54, 1.807) is 0 Å². The predicted molar refractivity (Wildman–Crippen MR) is 85.1 cm³/mol. The first-order valence-electron chi connectivity index (χ1n) is 6.78. The summed E-state index contributed by atoms with van der Waals surface area (Å²) in [7, 11) is 0. The van der Waals surface area contributed by atoms with Crippen LogP contribution in [-0.4, -0.2) is 29.2 Å². The minimum Gasteiger partial charge on any atom is -0.389 e. The van der Waals surface area contributed by atoms with Gasteiger partial charge in [0.2, 0.25) is 0 Å². The summed E-state index contributed by atoms with van der Waals surface area (Å²) in [5.74, 6) is 0.756. The van der Waals surface area contributed by atoms with Crippen molar-refractivity contribution in [2.45, 2.75) is 18.9 Å². The molecule has 0 saturated carbocycles. The lowest BCUT2D eigenvalue weighted by molar-refractivity contribution is 0.0875. The smallest absolute Gasteiger partial charge is 0.137 e. The summed E-state index contributed by atoms with van der Waals surface area (Å²) in [5.41, 5.74) is 7.56. The van der Waals surface area contributed by atoms with Gasteiger partial charge in [-0.25, -0.2) is 4.98 Å². The Labute approximate surface area is 123 Å². The number of thiocarbonyl (C=S) groups is 1. The van der Waals surface area contributed by atoms with E-state index in [2.05, 4.69) is 10.3 Å². The lowest BCUT2D eigenvalue weighted by atomic mass is 10.1. The van der Waals surface area contributed by atoms with Crippen LogP contribution in [0.5, 0.6) is 0 Å². The van der Waals surface area contributed by atoms with E-state index in [1.807, 2.05) is 30.3 Å². The van der Waals surface area contributed by atoms with Crippen LogP contribution in [0.25, 0.3) is 10.9 Å². The second-order valence-corrected chi connectivity index (χ2v) is 5.44. The Kier molecular flexibility index (Phi) is 3.80. The fourth-order valence-electron chi connectivity index (χ4n) is 2.46. The van der Waals surface area contributed by atoms with Gasteiger partial charge in [-0.15, -0.1) is 0 Å². The van der Waals surface area contributed by atoms with Crippen LogP contribution in [-0.2, 0) is 4.74 Å². The molecule has 5 heteroatoms. The van der Waals surface area contributed by atoms with Crippen molar-refractivity contribution in [2.24, 2.45) is 5.73 Å². The zero-order valence-corrected chi connectivity index (χ0v) is 12.0. The Morgan fingerprint density at radius 1 is 1.40 bits per heavy atom. The monoisotopic (exact) mass is 287 g/mol. The third-order valence-electron chi connectivity index (χ3n) is 3.49. The molecule has 3 N–H and O–H groups in total. The van der Waals surface area contributed by atoms with Gasteiger partial charge in [-0.2, -0.15) is 0 Å². The molecule has 1 aliphatic heterocycles. The fraction of sp³-hybridized carbons (Fsp3) is 0.333. The van der Waals surface area contributed by atoms with Gasteiger partial charge in [-0.1, -0.05) is 30.4 Å².